The molecule has 4 nitrogen and oxygen atoms in total. The van der Waals surface area contributed by atoms with Crippen molar-refractivity contribution < 1.29 is 9.18 Å². The van der Waals surface area contributed by atoms with E-state index < -0.39 is 5.82 Å². The molecular formula is C19H18BrClFN3OS. The maximum absolute atomic E-state index is 14.1. The quantitative estimate of drug-likeness (QED) is 0.481. The number of amides is 1. The Labute approximate surface area is 174 Å². The summed E-state index contributed by atoms with van der Waals surface area (Å²) in [6, 6.07) is 9.96. The molecule has 0 aliphatic heterocycles. The van der Waals surface area contributed by atoms with Gasteiger partial charge in [0.1, 0.15) is 11.3 Å². The minimum Gasteiger partial charge on any atom is -0.309 e. The molecule has 2 aromatic carbocycles. The molecule has 3 aromatic rings. The summed E-state index contributed by atoms with van der Waals surface area (Å²) in [4.78, 5) is 21.3. The van der Waals surface area contributed by atoms with E-state index in [0.717, 1.165) is 17.4 Å². The summed E-state index contributed by atoms with van der Waals surface area (Å²) in [6.45, 7) is 1.27. The van der Waals surface area contributed by atoms with Crippen LogP contribution in [0.15, 0.2) is 40.9 Å². The average molecular weight is 471 g/mol. The molecule has 0 fully saturated rings. The first-order valence-corrected chi connectivity index (χ1v) is 10.3. The molecule has 0 bridgehead atoms. The Balaban J connectivity index is 2.00. The van der Waals surface area contributed by atoms with Crippen molar-refractivity contribution in [1.29, 1.82) is 0 Å². The van der Waals surface area contributed by atoms with Gasteiger partial charge in [-0.2, -0.15) is 0 Å². The fourth-order valence-corrected chi connectivity index (χ4v) is 4.22. The number of hydrogen-bond acceptors (Lipinski definition) is 4. The number of nitrogens with zero attached hydrogens (tertiary/aromatic N) is 3. The van der Waals surface area contributed by atoms with E-state index in [-0.39, 0.29) is 11.4 Å². The number of benzene rings is 2. The predicted octanol–water partition coefficient (Wildman–Crippen LogP) is 5.45. The Morgan fingerprint density at radius 1 is 1.26 bits per heavy atom. The first kappa shape index (κ1) is 20.2. The lowest BCUT2D eigenvalue weighted by atomic mass is 10.2. The number of carbonyl (C=O) groups is 1. The van der Waals surface area contributed by atoms with Gasteiger partial charge < -0.3 is 4.90 Å². The van der Waals surface area contributed by atoms with Gasteiger partial charge in [0.2, 0.25) is 0 Å². The molecule has 0 saturated heterocycles. The summed E-state index contributed by atoms with van der Waals surface area (Å²) < 4.78 is 15.5. The van der Waals surface area contributed by atoms with Crippen LogP contribution in [0.1, 0.15) is 16.8 Å². The van der Waals surface area contributed by atoms with Crippen molar-refractivity contribution >= 4 is 60.1 Å². The molecular weight excluding hydrogens is 453 g/mol. The van der Waals surface area contributed by atoms with Crippen LogP contribution in [-0.4, -0.2) is 43.0 Å². The van der Waals surface area contributed by atoms with Crippen molar-refractivity contribution in [3.05, 3.63) is 57.3 Å². The summed E-state index contributed by atoms with van der Waals surface area (Å²) in [6.07, 6.45) is 0.753. The number of carbonyl (C=O) groups excluding carboxylic acids is 1. The lowest BCUT2D eigenvalue weighted by Crippen LogP contribution is -2.33. The van der Waals surface area contributed by atoms with Gasteiger partial charge in [-0.3, -0.25) is 9.69 Å². The first-order chi connectivity index (χ1) is 12.9. The Hall–Kier alpha value is -1.54. The van der Waals surface area contributed by atoms with Gasteiger partial charge >= 0.3 is 0 Å². The molecule has 0 N–H and O–H groups in total. The average Bonchev–Trinajstić information content (AvgIpc) is 3.05. The Bertz CT molecular complexity index is 979. The SMILES string of the molecule is CN(C)CCCN(C(=O)c1cc(Br)ccc1Cl)c1nc2c(F)cccc2s1. The van der Waals surface area contributed by atoms with E-state index in [1.165, 1.54) is 17.4 Å². The number of thiazole rings is 1. The summed E-state index contributed by atoms with van der Waals surface area (Å²) in [7, 11) is 3.95. The third-order valence-electron chi connectivity index (χ3n) is 3.98. The molecule has 0 aliphatic rings. The first-order valence-electron chi connectivity index (χ1n) is 8.33. The van der Waals surface area contributed by atoms with Crippen molar-refractivity contribution in [2.75, 3.05) is 32.1 Å². The Morgan fingerprint density at radius 2 is 2.04 bits per heavy atom. The molecule has 142 valence electrons. The van der Waals surface area contributed by atoms with Crippen LogP contribution < -0.4 is 4.90 Å². The lowest BCUT2D eigenvalue weighted by molar-refractivity contribution is 0.0986. The topological polar surface area (TPSA) is 36.4 Å². The van der Waals surface area contributed by atoms with Gasteiger partial charge in [0, 0.05) is 11.0 Å². The second kappa shape index (κ2) is 8.65. The molecule has 0 spiro atoms. The predicted molar refractivity (Wildman–Crippen MR) is 114 cm³/mol. The molecule has 0 unspecified atom stereocenters. The smallest absolute Gasteiger partial charge is 0.261 e. The van der Waals surface area contributed by atoms with Crippen LogP contribution in [0.2, 0.25) is 5.02 Å². The van der Waals surface area contributed by atoms with Crippen LogP contribution in [0.5, 0.6) is 0 Å². The molecule has 1 aromatic heterocycles. The van der Waals surface area contributed by atoms with Crippen LogP contribution in [0.4, 0.5) is 9.52 Å². The molecule has 0 aliphatic carbocycles. The van der Waals surface area contributed by atoms with E-state index in [1.807, 2.05) is 19.0 Å². The van der Waals surface area contributed by atoms with Gasteiger partial charge in [0.15, 0.2) is 5.13 Å². The van der Waals surface area contributed by atoms with Crippen LogP contribution in [0, 0.1) is 5.82 Å². The van der Waals surface area contributed by atoms with Gasteiger partial charge in [-0.1, -0.05) is 44.9 Å². The zero-order valence-corrected chi connectivity index (χ0v) is 18.0. The monoisotopic (exact) mass is 469 g/mol. The van der Waals surface area contributed by atoms with E-state index in [4.69, 9.17) is 11.6 Å². The number of hydrogen-bond donors (Lipinski definition) is 0. The van der Waals surface area contributed by atoms with E-state index in [9.17, 15) is 9.18 Å². The molecule has 27 heavy (non-hydrogen) atoms. The number of halogens is 3. The molecule has 0 atom stereocenters. The van der Waals surface area contributed by atoms with Gasteiger partial charge in [-0.15, -0.1) is 0 Å². The van der Waals surface area contributed by atoms with Crippen molar-refractivity contribution in [3.8, 4) is 0 Å². The highest BCUT2D eigenvalue weighted by Crippen LogP contribution is 2.32. The fraction of sp³-hybridized carbons (Fsp3) is 0.263. The summed E-state index contributed by atoms with van der Waals surface area (Å²) in [5.41, 5.74) is 0.666. The minimum absolute atomic E-state index is 0.250. The van der Waals surface area contributed by atoms with Crippen LogP contribution in [0.25, 0.3) is 10.2 Å². The molecule has 1 heterocycles. The Kier molecular flexibility index (Phi) is 6.47. The van der Waals surface area contributed by atoms with Gasteiger partial charge in [0.05, 0.1) is 15.3 Å². The van der Waals surface area contributed by atoms with E-state index >= 15 is 0 Å². The maximum Gasteiger partial charge on any atom is 0.261 e. The van der Waals surface area contributed by atoms with Crippen LogP contribution in [0.3, 0.4) is 0 Å². The summed E-state index contributed by atoms with van der Waals surface area (Å²) in [5.74, 6) is -0.643. The number of anilines is 1. The van der Waals surface area contributed by atoms with Crippen molar-refractivity contribution in [2.24, 2.45) is 0 Å². The van der Waals surface area contributed by atoms with E-state index in [1.54, 1.807) is 35.2 Å². The zero-order chi connectivity index (χ0) is 19.6. The number of fused-ring (bicyclic) bond motifs is 1. The van der Waals surface area contributed by atoms with Crippen LogP contribution in [-0.2, 0) is 0 Å². The molecule has 0 saturated carbocycles. The highest BCUT2D eigenvalue weighted by Gasteiger charge is 2.24. The number of para-hydroxylation sites is 1. The van der Waals surface area contributed by atoms with Gasteiger partial charge in [-0.05, 0) is 57.4 Å². The minimum atomic E-state index is -0.392. The fourth-order valence-electron chi connectivity index (χ4n) is 2.65. The standard InChI is InChI=1S/C19H18BrClFN3OS/c1-24(2)9-4-10-25(18(26)13-11-12(20)7-8-14(13)21)19-23-17-15(22)5-3-6-16(17)27-19/h3,5-8,11H,4,9-10H2,1-2H3. The van der Waals surface area contributed by atoms with Crippen molar-refractivity contribution in [1.82, 2.24) is 9.88 Å². The maximum atomic E-state index is 14.1. The molecule has 1 amide bonds. The Morgan fingerprint density at radius 3 is 2.74 bits per heavy atom. The van der Waals surface area contributed by atoms with Gasteiger partial charge in [0.25, 0.3) is 5.91 Å². The summed E-state index contributed by atoms with van der Waals surface area (Å²) in [5, 5.41) is 0.836. The third kappa shape index (κ3) is 4.66. The summed E-state index contributed by atoms with van der Waals surface area (Å²) >= 11 is 10.9. The second-order valence-electron chi connectivity index (χ2n) is 6.32. The van der Waals surface area contributed by atoms with Crippen molar-refractivity contribution in [2.45, 2.75) is 6.42 Å². The van der Waals surface area contributed by atoms with Gasteiger partial charge in [-0.25, -0.2) is 9.37 Å². The zero-order valence-electron chi connectivity index (χ0n) is 14.9. The second-order valence-corrected chi connectivity index (χ2v) is 8.65. The highest BCUT2D eigenvalue weighted by atomic mass is 79.9. The number of rotatable bonds is 6. The highest BCUT2D eigenvalue weighted by molar-refractivity contribution is 9.10. The molecule has 3 rings (SSSR count). The normalized spacial score (nSPS) is 11.3. The molecule has 8 heteroatoms. The third-order valence-corrected chi connectivity index (χ3v) is 5.85. The van der Waals surface area contributed by atoms with E-state index in [0.29, 0.717) is 27.0 Å². The van der Waals surface area contributed by atoms with Crippen molar-refractivity contribution in [3.63, 3.8) is 0 Å². The number of aromatic nitrogens is 1. The largest absolute Gasteiger partial charge is 0.309 e. The molecule has 0 radical (unpaired) electrons. The van der Waals surface area contributed by atoms with Crippen LogP contribution >= 0.6 is 38.9 Å². The van der Waals surface area contributed by atoms with E-state index in [2.05, 4.69) is 20.9 Å². The lowest BCUT2D eigenvalue weighted by Gasteiger charge is -2.21.